The van der Waals surface area contributed by atoms with Crippen molar-refractivity contribution in [2.24, 2.45) is 0 Å². The van der Waals surface area contributed by atoms with Crippen molar-refractivity contribution in [2.45, 2.75) is 6.54 Å². The molecule has 0 bridgehead atoms. The van der Waals surface area contributed by atoms with Gasteiger partial charge in [-0.05, 0) is 51.8 Å². The van der Waals surface area contributed by atoms with Crippen LogP contribution in [0.5, 0.6) is 5.75 Å². The molecule has 0 aliphatic rings. The molecule has 0 atom stereocenters. The molecular weight excluding hydrogens is 333 g/mol. The van der Waals surface area contributed by atoms with Gasteiger partial charge < -0.3 is 10.1 Å². The molecule has 2 aromatic rings. The summed E-state index contributed by atoms with van der Waals surface area (Å²) in [6, 6.07) is 10.3. The van der Waals surface area contributed by atoms with E-state index in [4.69, 9.17) is 16.3 Å². The van der Waals surface area contributed by atoms with Crippen LogP contribution in [-0.4, -0.2) is 7.11 Å². The second-order valence-corrected chi connectivity index (χ2v) is 5.24. The lowest BCUT2D eigenvalue weighted by Gasteiger charge is -2.11. The molecule has 0 heterocycles. The highest BCUT2D eigenvalue weighted by atomic mass is 79.9. The number of hydrogen-bond acceptors (Lipinski definition) is 2. The predicted octanol–water partition coefficient (Wildman–Crippen LogP) is 4.86. The number of hydrogen-bond donors (Lipinski definition) is 1. The molecule has 0 fully saturated rings. The smallest absolute Gasteiger partial charge is 0.142 e. The zero-order valence-corrected chi connectivity index (χ0v) is 12.6. The van der Waals surface area contributed by atoms with E-state index in [0.717, 1.165) is 11.3 Å². The van der Waals surface area contributed by atoms with Crippen LogP contribution in [0.25, 0.3) is 0 Å². The lowest BCUT2D eigenvalue weighted by atomic mass is 10.2. The summed E-state index contributed by atoms with van der Waals surface area (Å²) in [4.78, 5) is 0. The monoisotopic (exact) mass is 343 g/mol. The molecule has 0 unspecified atom stereocenters. The third-order valence-electron chi connectivity index (χ3n) is 2.63. The quantitative estimate of drug-likeness (QED) is 0.855. The minimum atomic E-state index is -0.280. The molecule has 0 saturated heterocycles. The van der Waals surface area contributed by atoms with Crippen LogP contribution in [0.1, 0.15) is 5.56 Å². The van der Waals surface area contributed by atoms with E-state index in [0.29, 0.717) is 21.8 Å². The minimum absolute atomic E-state index is 0.280. The summed E-state index contributed by atoms with van der Waals surface area (Å²) in [6.45, 7) is 0.487. The molecule has 1 N–H and O–H groups in total. The van der Waals surface area contributed by atoms with Gasteiger partial charge in [-0.1, -0.05) is 17.7 Å². The van der Waals surface area contributed by atoms with E-state index in [1.807, 2.05) is 6.07 Å². The molecule has 2 aromatic carbocycles. The standard InChI is InChI=1S/C14H12BrClFNO/c1-19-14-5-3-10(16)7-13(14)18-8-9-2-4-11(15)12(17)6-9/h2-7,18H,8H2,1H3. The van der Waals surface area contributed by atoms with E-state index in [1.165, 1.54) is 6.07 Å². The van der Waals surface area contributed by atoms with E-state index in [-0.39, 0.29) is 5.82 Å². The largest absolute Gasteiger partial charge is 0.495 e. The molecule has 0 aliphatic carbocycles. The Hall–Kier alpha value is -1.26. The van der Waals surface area contributed by atoms with Crippen LogP contribution in [0.3, 0.4) is 0 Å². The number of nitrogens with one attached hydrogen (secondary N) is 1. The fourth-order valence-electron chi connectivity index (χ4n) is 1.67. The lowest BCUT2D eigenvalue weighted by molar-refractivity contribution is 0.416. The van der Waals surface area contributed by atoms with E-state index in [1.54, 1.807) is 31.4 Å². The second kappa shape index (κ2) is 6.26. The summed E-state index contributed by atoms with van der Waals surface area (Å²) in [6.07, 6.45) is 0. The Kier molecular flexibility index (Phi) is 4.66. The molecule has 0 saturated carbocycles. The minimum Gasteiger partial charge on any atom is -0.495 e. The Balaban J connectivity index is 2.13. The summed E-state index contributed by atoms with van der Waals surface area (Å²) in [5.41, 5.74) is 1.61. The zero-order chi connectivity index (χ0) is 13.8. The molecular formula is C14H12BrClFNO. The first-order valence-electron chi connectivity index (χ1n) is 5.61. The number of rotatable bonds is 4. The Morgan fingerprint density at radius 3 is 2.74 bits per heavy atom. The van der Waals surface area contributed by atoms with Crippen LogP contribution in [0.2, 0.25) is 5.02 Å². The number of methoxy groups -OCH3 is 1. The highest BCUT2D eigenvalue weighted by molar-refractivity contribution is 9.10. The van der Waals surface area contributed by atoms with Crippen molar-refractivity contribution >= 4 is 33.2 Å². The Morgan fingerprint density at radius 2 is 2.05 bits per heavy atom. The van der Waals surface area contributed by atoms with Gasteiger partial charge in [0.25, 0.3) is 0 Å². The van der Waals surface area contributed by atoms with Crippen molar-refractivity contribution in [1.82, 2.24) is 0 Å². The SMILES string of the molecule is COc1ccc(Cl)cc1NCc1ccc(Br)c(F)c1. The molecule has 0 amide bonds. The van der Waals surface area contributed by atoms with Gasteiger partial charge in [-0.2, -0.15) is 0 Å². The van der Waals surface area contributed by atoms with Crippen molar-refractivity contribution in [3.05, 3.63) is 57.3 Å². The van der Waals surface area contributed by atoms with Gasteiger partial charge in [0.05, 0.1) is 17.3 Å². The third-order valence-corrected chi connectivity index (χ3v) is 3.51. The lowest BCUT2D eigenvalue weighted by Crippen LogP contribution is -2.01. The maximum Gasteiger partial charge on any atom is 0.142 e. The molecule has 5 heteroatoms. The molecule has 100 valence electrons. The van der Waals surface area contributed by atoms with E-state index >= 15 is 0 Å². The highest BCUT2D eigenvalue weighted by Crippen LogP contribution is 2.28. The van der Waals surface area contributed by atoms with Crippen molar-refractivity contribution in [1.29, 1.82) is 0 Å². The van der Waals surface area contributed by atoms with Crippen molar-refractivity contribution in [3.63, 3.8) is 0 Å². The average molecular weight is 345 g/mol. The van der Waals surface area contributed by atoms with E-state index in [2.05, 4.69) is 21.2 Å². The molecule has 0 aromatic heterocycles. The summed E-state index contributed by atoms with van der Waals surface area (Å²) in [7, 11) is 1.59. The fraction of sp³-hybridized carbons (Fsp3) is 0.143. The van der Waals surface area contributed by atoms with Gasteiger partial charge >= 0.3 is 0 Å². The normalized spacial score (nSPS) is 10.3. The summed E-state index contributed by atoms with van der Waals surface area (Å²) in [5.74, 6) is 0.416. The van der Waals surface area contributed by atoms with E-state index in [9.17, 15) is 4.39 Å². The summed E-state index contributed by atoms with van der Waals surface area (Å²) < 4.78 is 19.1. The van der Waals surface area contributed by atoms with Crippen molar-refractivity contribution in [3.8, 4) is 5.75 Å². The number of anilines is 1. The van der Waals surface area contributed by atoms with Crippen molar-refractivity contribution in [2.75, 3.05) is 12.4 Å². The van der Waals surface area contributed by atoms with Crippen LogP contribution in [0.4, 0.5) is 10.1 Å². The van der Waals surface area contributed by atoms with Crippen molar-refractivity contribution < 1.29 is 9.13 Å². The first-order chi connectivity index (χ1) is 9.10. The molecule has 0 radical (unpaired) electrons. The van der Waals surface area contributed by atoms with Gasteiger partial charge in [0.1, 0.15) is 11.6 Å². The van der Waals surface area contributed by atoms with Crippen LogP contribution in [0.15, 0.2) is 40.9 Å². The number of ether oxygens (including phenoxy) is 1. The van der Waals surface area contributed by atoms with Gasteiger partial charge in [-0.3, -0.25) is 0 Å². The Labute approximate surface area is 124 Å². The predicted molar refractivity (Wildman–Crippen MR) is 79.4 cm³/mol. The number of halogens is 3. The zero-order valence-electron chi connectivity index (χ0n) is 10.2. The van der Waals surface area contributed by atoms with Crippen LogP contribution < -0.4 is 10.1 Å². The summed E-state index contributed by atoms with van der Waals surface area (Å²) >= 11 is 9.06. The topological polar surface area (TPSA) is 21.3 Å². The third kappa shape index (κ3) is 3.61. The fourth-order valence-corrected chi connectivity index (χ4v) is 2.08. The highest BCUT2D eigenvalue weighted by Gasteiger charge is 2.05. The molecule has 2 nitrogen and oxygen atoms in total. The first kappa shape index (κ1) is 14.2. The average Bonchev–Trinajstić information content (AvgIpc) is 2.40. The molecule has 0 spiro atoms. The maximum absolute atomic E-state index is 13.4. The second-order valence-electron chi connectivity index (χ2n) is 3.95. The van der Waals surface area contributed by atoms with Gasteiger partial charge in [-0.15, -0.1) is 0 Å². The first-order valence-corrected chi connectivity index (χ1v) is 6.78. The maximum atomic E-state index is 13.4. The van der Waals surface area contributed by atoms with Gasteiger partial charge in [0.2, 0.25) is 0 Å². The Bertz CT molecular complexity index is 592. The molecule has 2 rings (SSSR count). The van der Waals surface area contributed by atoms with Gasteiger partial charge in [-0.25, -0.2) is 4.39 Å². The Morgan fingerprint density at radius 1 is 1.26 bits per heavy atom. The van der Waals surface area contributed by atoms with Crippen LogP contribution in [0, 0.1) is 5.82 Å². The van der Waals surface area contributed by atoms with Gasteiger partial charge in [0.15, 0.2) is 0 Å². The van der Waals surface area contributed by atoms with E-state index < -0.39 is 0 Å². The molecule has 0 aliphatic heterocycles. The van der Waals surface area contributed by atoms with Crippen LogP contribution in [-0.2, 0) is 6.54 Å². The summed E-state index contributed by atoms with van der Waals surface area (Å²) in [5, 5.41) is 3.79. The molecule has 19 heavy (non-hydrogen) atoms. The van der Waals surface area contributed by atoms with Gasteiger partial charge in [0, 0.05) is 11.6 Å². The van der Waals surface area contributed by atoms with Crippen LogP contribution >= 0.6 is 27.5 Å². The number of benzene rings is 2.